The van der Waals surface area contributed by atoms with Crippen LogP contribution < -0.4 is 16.0 Å². The number of carbonyl (C=O) groups is 4. The molecule has 0 bridgehead atoms. The monoisotopic (exact) mass is 457 g/mol. The fraction of sp³-hybridized carbons (Fsp3) is 0.500. The summed E-state index contributed by atoms with van der Waals surface area (Å²) in [6.07, 6.45) is 0.939. The van der Waals surface area contributed by atoms with Crippen molar-refractivity contribution in [3.63, 3.8) is 0 Å². The van der Waals surface area contributed by atoms with E-state index in [0.29, 0.717) is 12.2 Å². The molecule has 0 aliphatic carbocycles. The first-order valence-electron chi connectivity index (χ1n) is 9.32. The largest absolute Gasteiger partial charge is 0.451 e. The third-order valence-corrected chi connectivity index (χ3v) is 4.68. The van der Waals surface area contributed by atoms with Crippen LogP contribution in [0.15, 0.2) is 24.3 Å². The predicted molar refractivity (Wildman–Crippen MR) is 118 cm³/mol. The molecule has 3 N–H and O–H groups in total. The van der Waals surface area contributed by atoms with Crippen molar-refractivity contribution >= 4 is 47.2 Å². The zero-order valence-electron chi connectivity index (χ0n) is 17.7. The maximum atomic E-state index is 12.6. The number of hydrogen-bond acceptors (Lipinski definition) is 6. The van der Waals surface area contributed by atoms with Gasteiger partial charge in [0.05, 0.1) is 10.6 Å². The first-order chi connectivity index (χ1) is 13.9. The first-order valence-corrected chi connectivity index (χ1v) is 11.1. The van der Waals surface area contributed by atoms with Crippen LogP contribution in [0.5, 0.6) is 0 Å². The van der Waals surface area contributed by atoms with Gasteiger partial charge in [-0.15, -0.1) is 0 Å². The second-order valence-electron chi connectivity index (χ2n) is 7.56. The fourth-order valence-corrected chi connectivity index (χ4v) is 2.95. The molecule has 30 heavy (non-hydrogen) atoms. The average molecular weight is 458 g/mol. The molecule has 0 aliphatic rings. The van der Waals surface area contributed by atoms with Crippen LogP contribution in [-0.4, -0.2) is 53.5 Å². The molecule has 4 amide bonds. The van der Waals surface area contributed by atoms with E-state index in [1.165, 1.54) is 18.7 Å². The van der Waals surface area contributed by atoms with Crippen LogP contribution in [0, 0.1) is 0 Å². The van der Waals surface area contributed by atoms with Crippen LogP contribution in [-0.2, 0) is 14.3 Å². The third-order valence-electron chi connectivity index (χ3n) is 3.71. The van der Waals surface area contributed by atoms with Gasteiger partial charge in [-0.2, -0.15) is 11.8 Å². The molecule has 0 fully saturated rings. The van der Waals surface area contributed by atoms with E-state index in [1.807, 2.05) is 6.26 Å². The van der Waals surface area contributed by atoms with Crippen molar-refractivity contribution in [2.24, 2.45) is 0 Å². The maximum absolute atomic E-state index is 12.6. The van der Waals surface area contributed by atoms with Crippen LogP contribution in [0.1, 0.15) is 44.5 Å². The molecule has 0 radical (unpaired) electrons. The average Bonchev–Trinajstić information content (AvgIpc) is 2.63. The summed E-state index contributed by atoms with van der Waals surface area (Å²) in [6, 6.07) is 4.79. The molecular formula is C20H28ClN3O5S. The number of thioether (sulfide) groups is 1. The standard InChI is InChI=1S/C20H28ClN3O5S/c1-12(16(25)23-19(28)24-20(2,3)4)29-18(27)15(10-11-30-5)22-17(26)13-8-6-7-9-14(13)21/h6-9,12,15H,10-11H2,1-5H3,(H,22,26)(H2,23,24,25,28). The molecule has 1 aromatic carbocycles. The third kappa shape index (κ3) is 9.04. The minimum atomic E-state index is -1.22. The van der Waals surface area contributed by atoms with Gasteiger partial charge in [-0.25, -0.2) is 9.59 Å². The number of amides is 4. The Morgan fingerprint density at radius 1 is 1.17 bits per heavy atom. The first kappa shape index (κ1) is 25.8. The van der Waals surface area contributed by atoms with Gasteiger partial charge in [0.1, 0.15) is 6.04 Å². The van der Waals surface area contributed by atoms with Crippen LogP contribution in [0.2, 0.25) is 5.02 Å². The van der Waals surface area contributed by atoms with Gasteiger partial charge in [0.2, 0.25) is 0 Å². The molecule has 1 rings (SSSR count). The van der Waals surface area contributed by atoms with Crippen molar-refractivity contribution in [3.8, 4) is 0 Å². The van der Waals surface area contributed by atoms with Gasteiger partial charge >= 0.3 is 12.0 Å². The van der Waals surface area contributed by atoms with Crippen LogP contribution in [0.3, 0.4) is 0 Å². The van der Waals surface area contributed by atoms with Gasteiger partial charge in [0.25, 0.3) is 11.8 Å². The summed E-state index contributed by atoms with van der Waals surface area (Å²) in [6.45, 7) is 6.63. The van der Waals surface area contributed by atoms with Crippen LogP contribution >= 0.6 is 23.4 Å². The van der Waals surface area contributed by atoms with Gasteiger partial charge in [0.15, 0.2) is 6.10 Å². The number of rotatable bonds is 8. The van der Waals surface area contributed by atoms with E-state index in [1.54, 1.807) is 45.0 Å². The SMILES string of the molecule is CSCCC(NC(=O)c1ccccc1Cl)C(=O)OC(C)C(=O)NC(=O)NC(C)(C)C. The molecule has 0 spiro atoms. The van der Waals surface area contributed by atoms with Crippen molar-refractivity contribution in [1.82, 2.24) is 16.0 Å². The molecule has 0 saturated carbocycles. The topological polar surface area (TPSA) is 114 Å². The number of carbonyl (C=O) groups excluding carboxylic acids is 4. The summed E-state index contributed by atoms with van der Waals surface area (Å²) in [5.74, 6) is -1.49. The van der Waals surface area contributed by atoms with Crippen molar-refractivity contribution < 1.29 is 23.9 Å². The second kappa shape index (κ2) is 11.8. The lowest BCUT2D eigenvalue weighted by Gasteiger charge is -2.22. The smallest absolute Gasteiger partial charge is 0.329 e. The summed E-state index contributed by atoms with van der Waals surface area (Å²) in [5.41, 5.74) is -0.304. The zero-order chi connectivity index (χ0) is 22.9. The summed E-state index contributed by atoms with van der Waals surface area (Å²) in [5, 5.41) is 7.55. The van der Waals surface area contributed by atoms with Gasteiger partial charge in [-0.1, -0.05) is 23.7 Å². The molecule has 0 saturated heterocycles. The molecule has 2 unspecified atom stereocenters. The van der Waals surface area contributed by atoms with Crippen molar-refractivity contribution in [2.45, 2.75) is 51.8 Å². The number of hydrogen-bond donors (Lipinski definition) is 3. The fourth-order valence-electron chi connectivity index (χ4n) is 2.26. The normalized spacial score (nSPS) is 13.0. The molecule has 0 aromatic heterocycles. The number of halogens is 1. The van der Waals surface area contributed by atoms with E-state index in [2.05, 4.69) is 16.0 Å². The number of nitrogens with one attached hydrogen (secondary N) is 3. The van der Waals surface area contributed by atoms with Gasteiger partial charge in [0, 0.05) is 5.54 Å². The maximum Gasteiger partial charge on any atom is 0.329 e. The Morgan fingerprint density at radius 2 is 1.80 bits per heavy atom. The Balaban J connectivity index is 2.76. The highest BCUT2D eigenvalue weighted by Gasteiger charge is 2.28. The second-order valence-corrected chi connectivity index (χ2v) is 8.95. The number of benzene rings is 1. The van der Waals surface area contributed by atoms with Gasteiger partial charge in [-0.3, -0.25) is 14.9 Å². The molecule has 1 aromatic rings. The van der Waals surface area contributed by atoms with E-state index in [0.717, 1.165) is 0 Å². The lowest BCUT2D eigenvalue weighted by molar-refractivity contribution is -0.156. The molecule has 2 atom stereocenters. The molecule has 0 heterocycles. The molecule has 8 nitrogen and oxygen atoms in total. The lowest BCUT2D eigenvalue weighted by Crippen LogP contribution is -2.51. The quantitative estimate of drug-likeness (QED) is 0.517. The van der Waals surface area contributed by atoms with E-state index in [4.69, 9.17) is 16.3 Å². The summed E-state index contributed by atoms with van der Waals surface area (Å²) < 4.78 is 5.18. The minimum absolute atomic E-state index is 0.228. The summed E-state index contributed by atoms with van der Waals surface area (Å²) >= 11 is 7.53. The summed E-state index contributed by atoms with van der Waals surface area (Å²) in [4.78, 5) is 49.0. The number of esters is 1. The Morgan fingerprint density at radius 3 is 2.37 bits per heavy atom. The number of imide groups is 1. The highest BCUT2D eigenvalue weighted by atomic mass is 35.5. The van der Waals surface area contributed by atoms with Crippen molar-refractivity contribution in [2.75, 3.05) is 12.0 Å². The Hall–Kier alpha value is -2.26. The lowest BCUT2D eigenvalue weighted by atomic mass is 10.1. The van der Waals surface area contributed by atoms with Gasteiger partial charge < -0.3 is 15.4 Å². The van der Waals surface area contributed by atoms with Crippen molar-refractivity contribution in [1.29, 1.82) is 0 Å². The molecule has 166 valence electrons. The number of ether oxygens (including phenoxy) is 1. The Bertz CT molecular complexity index is 782. The molecular weight excluding hydrogens is 430 g/mol. The van der Waals surface area contributed by atoms with E-state index in [-0.39, 0.29) is 10.6 Å². The van der Waals surface area contributed by atoms with E-state index in [9.17, 15) is 19.2 Å². The highest BCUT2D eigenvalue weighted by Crippen LogP contribution is 2.15. The van der Waals surface area contributed by atoms with Crippen LogP contribution in [0.25, 0.3) is 0 Å². The zero-order valence-corrected chi connectivity index (χ0v) is 19.3. The highest BCUT2D eigenvalue weighted by molar-refractivity contribution is 7.98. The van der Waals surface area contributed by atoms with E-state index >= 15 is 0 Å². The van der Waals surface area contributed by atoms with Crippen molar-refractivity contribution in [3.05, 3.63) is 34.9 Å². The van der Waals surface area contributed by atoms with Crippen LogP contribution in [0.4, 0.5) is 4.79 Å². The summed E-state index contributed by atoms with van der Waals surface area (Å²) in [7, 11) is 0. The predicted octanol–water partition coefficient (Wildman–Crippen LogP) is 2.75. The minimum Gasteiger partial charge on any atom is -0.451 e. The Labute approximate surface area is 185 Å². The van der Waals surface area contributed by atoms with E-state index < -0.39 is 41.5 Å². The Kier molecular flexibility index (Phi) is 10.1. The van der Waals surface area contributed by atoms with Gasteiger partial charge in [-0.05, 0) is 58.3 Å². The number of urea groups is 1. The molecule has 10 heteroatoms. The molecule has 0 aliphatic heterocycles.